The maximum atomic E-state index is 5.66. The zero-order valence-corrected chi connectivity index (χ0v) is 13.4. The van der Waals surface area contributed by atoms with Gasteiger partial charge in [0.25, 0.3) is 0 Å². The Morgan fingerprint density at radius 2 is 2.04 bits per heavy atom. The zero-order valence-electron chi connectivity index (χ0n) is 13.4. The molecule has 2 N–H and O–H groups in total. The Morgan fingerprint density at radius 1 is 1.22 bits per heavy atom. The quantitative estimate of drug-likeness (QED) is 0.701. The number of hydrogen-bond donors (Lipinski definition) is 2. The lowest BCUT2D eigenvalue weighted by molar-refractivity contribution is 0.102. The van der Waals surface area contributed by atoms with Crippen molar-refractivity contribution in [2.24, 2.45) is 0 Å². The molecule has 0 saturated carbocycles. The number of aromatic nitrogens is 2. The molecule has 0 saturated heterocycles. The number of nitrogens with one attached hydrogen (secondary N) is 2. The van der Waals surface area contributed by atoms with Gasteiger partial charge in [-0.3, -0.25) is 5.10 Å². The summed E-state index contributed by atoms with van der Waals surface area (Å²) in [5.41, 5.74) is 3.15. The standard InChI is InChI=1S/C18H21N3O2/c1-13-8-9-16(23-13)18-15(11-20-21-18)10-19-12-17(22-2)14-6-4-3-5-7-14/h3-9,11,17,19H,10,12H2,1-2H3,(H,20,21). The Kier molecular flexibility index (Phi) is 4.90. The Hall–Kier alpha value is -2.37. The summed E-state index contributed by atoms with van der Waals surface area (Å²) in [4.78, 5) is 0. The van der Waals surface area contributed by atoms with Gasteiger partial charge in [0.15, 0.2) is 5.76 Å². The number of methoxy groups -OCH3 is 1. The van der Waals surface area contributed by atoms with Crippen LogP contribution in [-0.2, 0) is 11.3 Å². The Morgan fingerprint density at radius 3 is 2.74 bits per heavy atom. The van der Waals surface area contributed by atoms with Crippen LogP contribution in [0.3, 0.4) is 0 Å². The first-order chi connectivity index (χ1) is 11.3. The van der Waals surface area contributed by atoms with Gasteiger partial charge in [0, 0.05) is 25.8 Å². The highest BCUT2D eigenvalue weighted by molar-refractivity contribution is 5.56. The molecule has 0 aliphatic heterocycles. The summed E-state index contributed by atoms with van der Waals surface area (Å²) in [6, 6.07) is 14.1. The third-order valence-corrected chi connectivity index (χ3v) is 3.81. The molecule has 0 spiro atoms. The molecule has 23 heavy (non-hydrogen) atoms. The summed E-state index contributed by atoms with van der Waals surface area (Å²) in [6.07, 6.45) is 1.85. The van der Waals surface area contributed by atoms with Gasteiger partial charge >= 0.3 is 0 Å². The maximum Gasteiger partial charge on any atom is 0.152 e. The molecule has 1 aromatic carbocycles. The van der Waals surface area contributed by atoms with Crippen LogP contribution in [0.15, 0.2) is 53.1 Å². The second-order valence-corrected chi connectivity index (χ2v) is 5.45. The predicted octanol–water partition coefficient (Wildman–Crippen LogP) is 3.46. The van der Waals surface area contributed by atoms with Gasteiger partial charge in [-0.25, -0.2) is 0 Å². The molecule has 0 fully saturated rings. The van der Waals surface area contributed by atoms with Crippen LogP contribution in [0, 0.1) is 6.92 Å². The smallest absolute Gasteiger partial charge is 0.152 e. The minimum Gasteiger partial charge on any atom is -0.460 e. The number of benzene rings is 1. The molecule has 0 aliphatic rings. The number of ether oxygens (including phenoxy) is 1. The molecule has 0 amide bonds. The maximum absolute atomic E-state index is 5.66. The Bertz CT molecular complexity index is 734. The van der Waals surface area contributed by atoms with Crippen LogP contribution in [0.5, 0.6) is 0 Å². The van der Waals surface area contributed by atoms with Crippen LogP contribution in [-0.4, -0.2) is 23.9 Å². The fourth-order valence-corrected chi connectivity index (χ4v) is 2.57. The molecule has 3 rings (SSSR count). The summed E-state index contributed by atoms with van der Waals surface area (Å²) < 4.78 is 11.2. The first-order valence-corrected chi connectivity index (χ1v) is 7.65. The average Bonchev–Trinajstić information content (AvgIpc) is 3.21. The Labute approximate surface area is 135 Å². The molecule has 1 unspecified atom stereocenters. The lowest BCUT2D eigenvalue weighted by atomic mass is 10.1. The van der Waals surface area contributed by atoms with Crippen molar-refractivity contribution in [3.8, 4) is 11.5 Å². The van der Waals surface area contributed by atoms with Crippen molar-refractivity contribution in [1.82, 2.24) is 15.5 Å². The largest absolute Gasteiger partial charge is 0.460 e. The highest BCUT2D eigenvalue weighted by Crippen LogP contribution is 2.23. The van der Waals surface area contributed by atoms with Crippen LogP contribution < -0.4 is 5.32 Å². The molecular formula is C18H21N3O2. The normalized spacial score (nSPS) is 12.4. The highest BCUT2D eigenvalue weighted by Gasteiger charge is 2.13. The lowest BCUT2D eigenvalue weighted by Gasteiger charge is -2.16. The molecule has 0 bridgehead atoms. The van der Waals surface area contributed by atoms with Gasteiger partial charge in [-0.05, 0) is 24.6 Å². The minimum atomic E-state index is 0.0254. The van der Waals surface area contributed by atoms with Crippen LogP contribution in [0.25, 0.3) is 11.5 Å². The van der Waals surface area contributed by atoms with Gasteiger partial charge in [0.1, 0.15) is 11.5 Å². The number of H-pyrrole nitrogens is 1. The third-order valence-electron chi connectivity index (χ3n) is 3.81. The first-order valence-electron chi connectivity index (χ1n) is 7.65. The van der Waals surface area contributed by atoms with E-state index in [-0.39, 0.29) is 6.10 Å². The van der Waals surface area contributed by atoms with Crippen molar-refractivity contribution in [3.63, 3.8) is 0 Å². The number of furan rings is 1. The van der Waals surface area contributed by atoms with Crippen molar-refractivity contribution < 1.29 is 9.15 Å². The molecule has 5 heteroatoms. The van der Waals surface area contributed by atoms with E-state index in [0.29, 0.717) is 6.54 Å². The average molecular weight is 311 g/mol. The third kappa shape index (κ3) is 3.70. The van der Waals surface area contributed by atoms with Gasteiger partial charge in [-0.15, -0.1) is 0 Å². The van der Waals surface area contributed by atoms with Crippen LogP contribution in [0.2, 0.25) is 0 Å². The van der Waals surface area contributed by atoms with Crippen molar-refractivity contribution in [2.75, 3.05) is 13.7 Å². The fourth-order valence-electron chi connectivity index (χ4n) is 2.57. The van der Waals surface area contributed by atoms with E-state index in [2.05, 4.69) is 27.6 Å². The molecule has 3 aromatic rings. The summed E-state index contributed by atoms with van der Waals surface area (Å²) in [5, 5.41) is 10.6. The number of aryl methyl sites for hydroxylation is 1. The van der Waals surface area contributed by atoms with E-state index < -0.39 is 0 Å². The second kappa shape index (κ2) is 7.26. The van der Waals surface area contributed by atoms with Crippen LogP contribution >= 0.6 is 0 Å². The monoisotopic (exact) mass is 311 g/mol. The zero-order chi connectivity index (χ0) is 16.1. The molecule has 2 aromatic heterocycles. The van der Waals surface area contributed by atoms with Crippen molar-refractivity contribution in [2.45, 2.75) is 19.6 Å². The fraction of sp³-hybridized carbons (Fsp3) is 0.278. The molecule has 5 nitrogen and oxygen atoms in total. The molecule has 1 atom stereocenters. The van der Waals surface area contributed by atoms with E-state index in [0.717, 1.165) is 34.9 Å². The van der Waals surface area contributed by atoms with Crippen molar-refractivity contribution >= 4 is 0 Å². The van der Waals surface area contributed by atoms with Crippen molar-refractivity contribution in [3.05, 3.63) is 65.5 Å². The summed E-state index contributed by atoms with van der Waals surface area (Å²) in [6.45, 7) is 3.35. The highest BCUT2D eigenvalue weighted by atomic mass is 16.5. The van der Waals surface area contributed by atoms with Crippen LogP contribution in [0.4, 0.5) is 0 Å². The first kappa shape index (κ1) is 15.5. The Balaban J connectivity index is 1.62. The molecule has 2 heterocycles. The number of rotatable bonds is 7. The number of hydrogen-bond acceptors (Lipinski definition) is 4. The topological polar surface area (TPSA) is 63.1 Å². The second-order valence-electron chi connectivity index (χ2n) is 5.45. The van der Waals surface area contributed by atoms with E-state index in [4.69, 9.17) is 9.15 Å². The van der Waals surface area contributed by atoms with E-state index in [9.17, 15) is 0 Å². The van der Waals surface area contributed by atoms with Crippen LogP contribution in [0.1, 0.15) is 23.0 Å². The molecule has 120 valence electrons. The minimum absolute atomic E-state index is 0.0254. The number of aromatic amines is 1. The summed E-state index contributed by atoms with van der Waals surface area (Å²) in [7, 11) is 1.73. The van der Waals surface area contributed by atoms with E-state index >= 15 is 0 Å². The molecule has 0 aliphatic carbocycles. The van der Waals surface area contributed by atoms with Gasteiger partial charge in [-0.2, -0.15) is 5.10 Å². The number of nitrogens with zero attached hydrogens (tertiary/aromatic N) is 1. The molecular weight excluding hydrogens is 290 g/mol. The van der Waals surface area contributed by atoms with Gasteiger partial charge in [-0.1, -0.05) is 30.3 Å². The van der Waals surface area contributed by atoms with Crippen molar-refractivity contribution in [1.29, 1.82) is 0 Å². The van der Waals surface area contributed by atoms with E-state index in [1.165, 1.54) is 0 Å². The van der Waals surface area contributed by atoms with Gasteiger partial charge in [0.2, 0.25) is 0 Å². The lowest BCUT2D eigenvalue weighted by Crippen LogP contribution is -2.22. The summed E-state index contributed by atoms with van der Waals surface area (Å²) in [5.74, 6) is 1.69. The SMILES string of the molecule is COC(CNCc1cn[nH]c1-c1ccc(C)o1)c1ccccc1. The van der Waals surface area contributed by atoms with E-state index in [1.807, 2.05) is 43.5 Å². The van der Waals surface area contributed by atoms with Gasteiger partial charge in [0.05, 0.1) is 12.3 Å². The van der Waals surface area contributed by atoms with Gasteiger partial charge < -0.3 is 14.5 Å². The molecule has 0 radical (unpaired) electrons. The van der Waals surface area contributed by atoms with E-state index in [1.54, 1.807) is 7.11 Å². The predicted molar refractivity (Wildman–Crippen MR) is 88.9 cm³/mol. The summed E-state index contributed by atoms with van der Waals surface area (Å²) >= 11 is 0.